The Morgan fingerprint density at radius 3 is 2.44 bits per heavy atom. The molecule has 0 saturated carbocycles. The van der Waals surface area contributed by atoms with Crippen LogP contribution in [0.1, 0.15) is 11.1 Å². The molecule has 0 fully saturated rings. The maximum atomic E-state index is 12.0. The van der Waals surface area contributed by atoms with Crippen molar-refractivity contribution >= 4 is 46.9 Å². The van der Waals surface area contributed by atoms with Gasteiger partial charge >= 0.3 is 11.8 Å². The molecule has 0 radical (unpaired) electrons. The van der Waals surface area contributed by atoms with Crippen LogP contribution in [0.3, 0.4) is 0 Å². The van der Waals surface area contributed by atoms with Crippen molar-refractivity contribution in [1.82, 2.24) is 5.43 Å². The summed E-state index contributed by atoms with van der Waals surface area (Å²) in [5, 5.41) is 7.23. The average Bonchev–Trinajstić information content (AvgIpc) is 2.80. The number of hydrogen-bond acceptors (Lipinski definition) is 5. The third-order valence-electron chi connectivity index (χ3n) is 4.18. The van der Waals surface area contributed by atoms with E-state index in [1.165, 1.54) is 13.3 Å². The van der Waals surface area contributed by atoms with Gasteiger partial charge in [0.05, 0.1) is 23.4 Å². The summed E-state index contributed by atoms with van der Waals surface area (Å²) in [6.07, 6.45) is 1.42. The summed E-state index contributed by atoms with van der Waals surface area (Å²) in [5.41, 5.74) is 4.22. The smallest absolute Gasteiger partial charge is 0.329 e. The molecule has 0 aliphatic heterocycles. The highest BCUT2D eigenvalue weighted by atomic mass is 35.5. The summed E-state index contributed by atoms with van der Waals surface area (Å²) in [6.45, 7) is 0.336. The SMILES string of the molecule is COc1cccc(NC(=O)C(=O)N/N=C\c2ccc(OCc3ccc(Cl)c(Cl)c3)cc2)c1. The van der Waals surface area contributed by atoms with Gasteiger partial charge in [-0.2, -0.15) is 5.10 Å². The first-order valence-corrected chi connectivity index (χ1v) is 10.2. The number of hydrogen-bond donors (Lipinski definition) is 2. The fourth-order valence-corrected chi connectivity index (χ4v) is 2.87. The number of nitrogens with zero attached hydrogens (tertiary/aromatic N) is 1. The summed E-state index contributed by atoms with van der Waals surface area (Å²) in [4.78, 5) is 23.9. The number of anilines is 1. The lowest BCUT2D eigenvalue weighted by Crippen LogP contribution is -2.32. The van der Waals surface area contributed by atoms with E-state index >= 15 is 0 Å². The molecule has 7 nitrogen and oxygen atoms in total. The van der Waals surface area contributed by atoms with E-state index in [9.17, 15) is 9.59 Å². The molecular weight excluding hydrogens is 453 g/mol. The summed E-state index contributed by atoms with van der Waals surface area (Å²) in [5.74, 6) is -0.535. The number of methoxy groups -OCH3 is 1. The molecule has 32 heavy (non-hydrogen) atoms. The van der Waals surface area contributed by atoms with Crippen molar-refractivity contribution in [3.05, 3.63) is 87.9 Å². The molecule has 0 saturated heterocycles. The highest BCUT2D eigenvalue weighted by Crippen LogP contribution is 2.23. The molecule has 0 bridgehead atoms. The Hall–Kier alpha value is -3.55. The van der Waals surface area contributed by atoms with Crippen molar-refractivity contribution in [2.45, 2.75) is 6.61 Å². The van der Waals surface area contributed by atoms with Gasteiger partial charge in [0.2, 0.25) is 0 Å². The zero-order valence-electron chi connectivity index (χ0n) is 17.0. The van der Waals surface area contributed by atoms with E-state index in [0.717, 1.165) is 5.56 Å². The van der Waals surface area contributed by atoms with E-state index in [1.54, 1.807) is 60.7 Å². The van der Waals surface area contributed by atoms with Crippen molar-refractivity contribution in [3.8, 4) is 11.5 Å². The molecule has 164 valence electrons. The minimum atomic E-state index is -0.898. The molecule has 0 heterocycles. The molecule has 3 aromatic carbocycles. The molecular formula is C23H19Cl2N3O4. The first-order chi connectivity index (χ1) is 15.4. The van der Waals surface area contributed by atoms with Crippen LogP contribution in [-0.2, 0) is 16.2 Å². The first kappa shape index (κ1) is 23.1. The van der Waals surface area contributed by atoms with Crippen LogP contribution in [0, 0.1) is 0 Å². The zero-order valence-corrected chi connectivity index (χ0v) is 18.5. The lowest BCUT2D eigenvalue weighted by Gasteiger charge is -2.07. The normalized spacial score (nSPS) is 10.6. The summed E-state index contributed by atoms with van der Waals surface area (Å²) < 4.78 is 10.8. The Kier molecular flexibility index (Phi) is 8.08. The number of halogens is 2. The Bertz CT molecular complexity index is 1130. The number of amides is 2. The van der Waals surface area contributed by atoms with Gasteiger partial charge in [0.15, 0.2) is 0 Å². The molecule has 0 aliphatic carbocycles. The lowest BCUT2D eigenvalue weighted by molar-refractivity contribution is -0.136. The molecule has 0 aliphatic rings. The molecule has 2 N–H and O–H groups in total. The van der Waals surface area contributed by atoms with Crippen LogP contribution in [0.2, 0.25) is 10.0 Å². The Morgan fingerprint density at radius 1 is 0.938 bits per heavy atom. The largest absolute Gasteiger partial charge is 0.497 e. The number of carbonyl (C=O) groups is 2. The third kappa shape index (κ3) is 6.73. The van der Waals surface area contributed by atoms with Crippen molar-refractivity contribution < 1.29 is 19.1 Å². The summed E-state index contributed by atoms with van der Waals surface area (Å²) >= 11 is 11.9. The van der Waals surface area contributed by atoms with Gasteiger partial charge in [0, 0.05) is 11.8 Å². The van der Waals surface area contributed by atoms with Gasteiger partial charge < -0.3 is 14.8 Å². The van der Waals surface area contributed by atoms with Crippen molar-refractivity contribution in [2.24, 2.45) is 5.10 Å². The number of benzene rings is 3. The molecule has 0 atom stereocenters. The Balaban J connectivity index is 1.47. The maximum absolute atomic E-state index is 12.0. The molecule has 0 unspecified atom stereocenters. The standard InChI is InChI=1S/C23H19Cl2N3O4/c1-31-19-4-2-3-17(12-19)27-22(29)23(30)28-26-13-15-5-8-18(9-6-15)32-14-16-7-10-20(24)21(25)11-16/h2-13H,14H2,1H3,(H,27,29)(H,28,30)/b26-13-. The van der Waals surface area contributed by atoms with Gasteiger partial charge in [0.25, 0.3) is 0 Å². The van der Waals surface area contributed by atoms with Crippen molar-refractivity contribution in [1.29, 1.82) is 0 Å². The van der Waals surface area contributed by atoms with E-state index in [-0.39, 0.29) is 0 Å². The summed E-state index contributed by atoms with van der Waals surface area (Å²) in [6, 6.07) is 19.0. The molecule has 0 spiro atoms. The van der Waals surface area contributed by atoms with E-state index in [1.807, 2.05) is 6.07 Å². The zero-order chi connectivity index (χ0) is 22.9. The maximum Gasteiger partial charge on any atom is 0.329 e. The highest BCUT2D eigenvalue weighted by molar-refractivity contribution is 6.42. The predicted molar refractivity (Wildman–Crippen MR) is 125 cm³/mol. The number of ether oxygens (including phenoxy) is 2. The minimum Gasteiger partial charge on any atom is -0.497 e. The number of rotatable bonds is 7. The average molecular weight is 472 g/mol. The lowest BCUT2D eigenvalue weighted by atomic mass is 10.2. The predicted octanol–water partition coefficient (Wildman–Crippen LogP) is 4.67. The third-order valence-corrected chi connectivity index (χ3v) is 4.92. The van der Waals surface area contributed by atoms with Crippen LogP contribution in [0.25, 0.3) is 0 Å². The van der Waals surface area contributed by atoms with Crippen LogP contribution in [0.4, 0.5) is 5.69 Å². The highest BCUT2D eigenvalue weighted by Gasteiger charge is 2.13. The van der Waals surface area contributed by atoms with Crippen LogP contribution >= 0.6 is 23.2 Å². The molecule has 9 heteroatoms. The fraction of sp³-hybridized carbons (Fsp3) is 0.0870. The van der Waals surface area contributed by atoms with Crippen LogP contribution < -0.4 is 20.2 Å². The van der Waals surface area contributed by atoms with Gasteiger partial charge in [-0.05, 0) is 59.7 Å². The Labute approximate surface area is 194 Å². The van der Waals surface area contributed by atoms with E-state index < -0.39 is 11.8 Å². The second-order valence-corrected chi connectivity index (χ2v) is 7.31. The molecule has 2 amide bonds. The first-order valence-electron chi connectivity index (χ1n) is 9.40. The summed E-state index contributed by atoms with van der Waals surface area (Å²) in [7, 11) is 1.51. The van der Waals surface area contributed by atoms with Gasteiger partial charge in [-0.15, -0.1) is 0 Å². The number of carbonyl (C=O) groups excluding carboxylic acids is 2. The van der Waals surface area contributed by atoms with Gasteiger partial charge in [-0.25, -0.2) is 5.43 Å². The Morgan fingerprint density at radius 2 is 1.72 bits per heavy atom. The van der Waals surface area contributed by atoms with Crippen molar-refractivity contribution in [2.75, 3.05) is 12.4 Å². The van der Waals surface area contributed by atoms with Gasteiger partial charge in [-0.3, -0.25) is 9.59 Å². The molecule has 3 rings (SSSR count). The number of hydrazone groups is 1. The number of nitrogens with one attached hydrogen (secondary N) is 2. The monoisotopic (exact) mass is 471 g/mol. The second-order valence-electron chi connectivity index (χ2n) is 6.49. The van der Waals surface area contributed by atoms with E-state index in [0.29, 0.717) is 39.4 Å². The fourth-order valence-electron chi connectivity index (χ4n) is 2.55. The second kappa shape index (κ2) is 11.2. The van der Waals surface area contributed by atoms with Crippen molar-refractivity contribution in [3.63, 3.8) is 0 Å². The molecule has 0 aromatic heterocycles. The van der Waals surface area contributed by atoms with Crippen LogP contribution in [0.15, 0.2) is 71.8 Å². The van der Waals surface area contributed by atoms with Crippen LogP contribution in [0.5, 0.6) is 11.5 Å². The van der Waals surface area contributed by atoms with Gasteiger partial charge in [-0.1, -0.05) is 35.3 Å². The van der Waals surface area contributed by atoms with E-state index in [2.05, 4.69) is 15.8 Å². The van der Waals surface area contributed by atoms with E-state index in [4.69, 9.17) is 32.7 Å². The topological polar surface area (TPSA) is 89.0 Å². The van der Waals surface area contributed by atoms with Crippen LogP contribution in [-0.4, -0.2) is 25.1 Å². The molecule has 3 aromatic rings. The minimum absolute atomic E-state index is 0.336. The van der Waals surface area contributed by atoms with Gasteiger partial charge in [0.1, 0.15) is 18.1 Å². The quantitative estimate of drug-likeness (QED) is 0.297.